The first-order valence-electron chi connectivity index (χ1n) is 6.84. The van der Waals surface area contributed by atoms with Crippen LogP contribution in [0.1, 0.15) is 32.3 Å². The summed E-state index contributed by atoms with van der Waals surface area (Å²) in [7, 11) is 0. The molecule has 2 heterocycles. The molecule has 1 unspecified atom stereocenters. The zero-order valence-corrected chi connectivity index (χ0v) is 11.3. The predicted molar refractivity (Wildman–Crippen MR) is 72.1 cm³/mol. The van der Waals surface area contributed by atoms with Gasteiger partial charge in [0, 0.05) is 31.4 Å². The third kappa shape index (κ3) is 3.31. The summed E-state index contributed by atoms with van der Waals surface area (Å²) in [5.74, 6) is 1.18. The summed E-state index contributed by atoms with van der Waals surface area (Å²) in [5, 5.41) is 0. The smallest absolute Gasteiger partial charge is 0.226 e. The van der Waals surface area contributed by atoms with E-state index in [0.717, 1.165) is 32.4 Å². The number of nitrogens with zero attached hydrogens (tertiary/aromatic N) is 2. The van der Waals surface area contributed by atoms with Gasteiger partial charge < -0.3 is 4.90 Å². The van der Waals surface area contributed by atoms with Crippen molar-refractivity contribution in [2.45, 2.75) is 33.1 Å². The minimum Gasteiger partial charge on any atom is -0.342 e. The van der Waals surface area contributed by atoms with Crippen molar-refractivity contribution >= 4 is 5.91 Å². The van der Waals surface area contributed by atoms with Crippen LogP contribution in [0.4, 0.5) is 0 Å². The number of hydrogen-bond acceptors (Lipinski definition) is 2. The molecule has 1 aromatic rings. The maximum atomic E-state index is 12.2. The van der Waals surface area contributed by atoms with Crippen LogP contribution in [0.3, 0.4) is 0 Å². The van der Waals surface area contributed by atoms with Crippen LogP contribution in [0.2, 0.25) is 0 Å². The Morgan fingerprint density at radius 3 is 2.78 bits per heavy atom. The van der Waals surface area contributed by atoms with Gasteiger partial charge in [-0.05, 0) is 42.9 Å². The van der Waals surface area contributed by atoms with Gasteiger partial charge in [-0.2, -0.15) is 0 Å². The van der Waals surface area contributed by atoms with Crippen LogP contribution in [-0.4, -0.2) is 28.9 Å². The molecule has 0 aromatic carbocycles. The summed E-state index contributed by atoms with van der Waals surface area (Å²) in [4.78, 5) is 18.3. The van der Waals surface area contributed by atoms with Gasteiger partial charge >= 0.3 is 0 Å². The minimum atomic E-state index is 0.180. The lowest BCUT2D eigenvalue weighted by molar-refractivity contribution is -0.131. The monoisotopic (exact) mass is 246 g/mol. The Morgan fingerprint density at radius 1 is 1.39 bits per heavy atom. The third-order valence-electron chi connectivity index (χ3n) is 3.62. The van der Waals surface area contributed by atoms with Gasteiger partial charge in [-0.1, -0.05) is 13.8 Å². The molecule has 3 nitrogen and oxygen atoms in total. The third-order valence-corrected chi connectivity index (χ3v) is 3.62. The van der Waals surface area contributed by atoms with Crippen molar-refractivity contribution in [1.29, 1.82) is 0 Å². The number of aromatic nitrogens is 1. The van der Waals surface area contributed by atoms with E-state index in [9.17, 15) is 4.79 Å². The molecular weight excluding hydrogens is 224 g/mol. The summed E-state index contributed by atoms with van der Waals surface area (Å²) < 4.78 is 0. The molecule has 1 atom stereocenters. The number of carbonyl (C=O) groups is 1. The zero-order valence-electron chi connectivity index (χ0n) is 11.3. The van der Waals surface area contributed by atoms with E-state index in [1.807, 2.05) is 17.0 Å². The highest BCUT2D eigenvalue weighted by atomic mass is 16.2. The van der Waals surface area contributed by atoms with Crippen molar-refractivity contribution in [1.82, 2.24) is 9.88 Å². The Morgan fingerprint density at radius 2 is 2.11 bits per heavy atom. The van der Waals surface area contributed by atoms with Crippen molar-refractivity contribution in [3.05, 3.63) is 30.1 Å². The van der Waals surface area contributed by atoms with Crippen LogP contribution in [-0.2, 0) is 11.2 Å². The van der Waals surface area contributed by atoms with Gasteiger partial charge in [0.15, 0.2) is 0 Å². The Hall–Kier alpha value is -1.38. The molecule has 0 bridgehead atoms. The maximum absolute atomic E-state index is 12.2. The first-order valence-corrected chi connectivity index (χ1v) is 6.84. The van der Waals surface area contributed by atoms with E-state index >= 15 is 0 Å². The first kappa shape index (κ1) is 13.1. The van der Waals surface area contributed by atoms with E-state index in [1.54, 1.807) is 12.4 Å². The molecule has 1 aliphatic rings. The number of rotatable bonds is 5. The molecule has 0 radical (unpaired) electrons. The van der Waals surface area contributed by atoms with Crippen LogP contribution in [0.5, 0.6) is 0 Å². The summed E-state index contributed by atoms with van der Waals surface area (Å²) in [6, 6.07) is 4.01. The molecule has 1 fully saturated rings. The Balaban J connectivity index is 1.87. The summed E-state index contributed by atoms with van der Waals surface area (Å²) in [6.07, 6.45) is 6.56. The van der Waals surface area contributed by atoms with Gasteiger partial charge in [0.05, 0.1) is 0 Å². The molecular formula is C15H22N2O. The number of hydrogen-bond donors (Lipinski definition) is 0. The van der Waals surface area contributed by atoms with E-state index in [-0.39, 0.29) is 5.92 Å². The van der Waals surface area contributed by atoms with E-state index < -0.39 is 0 Å². The molecule has 0 spiro atoms. The molecule has 3 heteroatoms. The largest absolute Gasteiger partial charge is 0.342 e. The topological polar surface area (TPSA) is 33.2 Å². The lowest BCUT2D eigenvalue weighted by atomic mass is 9.99. The van der Waals surface area contributed by atoms with Crippen molar-refractivity contribution in [3.8, 4) is 0 Å². The second kappa shape index (κ2) is 5.98. The van der Waals surface area contributed by atoms with Gasteiger partial charge in [-0.3, -0.25) is 9.78 Å². The zero-order chi connectivity index (χ0) is 13.0. The van der Waals surface area contributed by atoms with Crippen LogP contribution in [0, 0.1) is 11.8 Å². The van der Waals surface area contributed by atoms with Crippen molar-refractivity contribution in [2.75, 3.05) is 13.1 Å². The molecule has 0 aliphatic carbocycles. The quantitative estimate of drug-likeness (QED) is 0.800. The molecule has 1 aromatic heterocycles. The summed E-state index contributed by atoms with van der Waals surface area (Å²) >= 11 is 0. The molecule has 98 valence electrons. The first-order chi connectivity index (χ1) is 8.66. The van der Waals surface area contributed by atoms with E-state index in [0.29, 0.717) is 11.8 Å². The van der Waals surface area contributed by atoms with E-state index in [2.05, 4.69) is 18.8 Å². The van der Waals surface area contributed by atoms with Crippen molar-refractivity contribution in [3.63, 3.8) is 0 Å². The second-order valence-corrected chi connectivity index (χ2v) is 5.55. The van der Waals surface area contributed by atoms with Crippen molar-refractivity contribution in [2.24, 2.45) is 11.8 Å². The fraction of sp³-hybridized carbons (Fsp3) is 0.600. The van der Waals surface area contributed by atoms with Crippen LogP contribution >= 0.6 is 0 Å². The van der Waals surface area contributed by atoms with E-state index in [1.165, 1.54) is 5.56 Å². The standard InChI is InChI=1S/C15H22N2O/c1-12(2)5-9-17-10-6-14(15(17)18)11-13-3-7-16-8-4-13/h3-4,7-8,12,14H,5-6,9-11H2,1-2H3. The second-order valence-electron chi connectivity index (χ2n) is 5.55. The fourth-order valence-corrected chi connectivity index (χ4v) is 2.43. The molecule has 0 saturated carbocycles. The van der Waals surface area contributed by atoms with Gasteiger partial charge in [-0.25, -0.2) is 0 Å². The molecule has 1 aliphatic heterocycles. The molecule has 1 saturated heterocycles. The van der Waals surface area contributed by atoms with Gasteiger partial charge in [0.2, 0.25) is 5.91 Å². The highest BCUT2D eigenvalue weighted by molar-refractivity contribution is 5.81. The molecule has 2 rings (SSSR count). The SMILES string of the molecule is CC(C)CCN1CCC(Cc2ccncc2)C1=O. The molecule has 1 amide bonds. The molecule has 18 heavy (non-hydrogen) atoms. The minimum absolute atomic E-state index is 0.180. The average molecular weight is 246 g/mol. The maximum Gasteiger partial charge on any atom is 0.226 e. The average Bonchev–Trinajstić information content (AvgIpc) is 2.70. The normalized spacial score (nSPS) is 19.8. The number of likely N-dealkylation sites (tertiary alicyclic amines) is 1. The lowest BCUT2D eigenvalue weighted by Crippen LogP contribution is -2.29. The van der Waals surface area contributed by atoms with E-state index in [4.69, 9.17) is 0 Å². The summed E-state index contributed by atoms with van der Waals surface area (Å²) in [5.41, 5.74) is 1.22. The van der Waals surface area contributed by atoms with Gasteiger partial charge in [-0.15, -0.1) is 0 Å². The van der Waals surface area contributed by atoms with Gasteiger partial charge in [0.25, 0.3) is 0 Å². The van der Waals surface area contributed by atoms with Gasteiger partial charge in [0.1, 0.15) is 0 Å². The van der Waals surface area contributed by atoms with Crippen LogP contribution in [0.15, 0.2) is 24.5 Å². The number of carbonyl (C=O) groups excluding carboxylic acids is 1. The molecule has 0 N–H and O–H groups in total. The Kier molecular flexibility index (Phi) is 4.34. The van der Waals surface area contributed by atoms with Crippen molar-refractivity contribution < 1.29 is 4.79 Å². The highest BCUT2D eigenvalue weighted by Crippen LogP contribution is 2.22. The van der Waals surface area contributed by atoms with Crippen LogP contribution < -0.4 is 0 Å². The number of amides is 1. The fourth-order valence-electron chi connectivity index (χ4n) is 2.43. The Bertz CT molecular complexity index is 389. The van der Waals surface area contributed by atoms with Crippen LogP contribution in [0.25, 0.3) is 0 Å². The highest BCUT2D eigenvalue weighted by Gasteiger charge is 2.31. The number of pyridine rings is 1. The Labute approximate surface area is 109 Å². The lowest BCUT2D eigenvalue weighted by Gasteiger charge is -2.17. The predicted octanol–water partition coefficient (Wildman–Crippen LogP) is 2.52. The summed E-state index contributed by atoms with van der Waals surface area (Å²) in [6.45, 7) is 6.26.